The first-order valence-electron chi connectivity index (χ1n) is 12.6. The molecule has 0 fully saturated rings. The Kier molecular flexibility index (Phi) is 6.53. The van der Waals surface area contributed by atoms with Gasteiger partial charge in [0.15, 0.2) is 5.60 Å². The molecule has 1 amide bonds. The molecular weight excluding hydrogens is 486 g/mol. The SMILES string of the molecule is CC(C)(C)COCCCNC(=O)Cc1ccc2c(c1)C1(OC2=O)c2ccc(O)cc2Oc2cc(O)ccc21. The number of nitrogens with one attached hydrogen (secondary N) is 1. The van der Waals surface area contributed by atoms with Gasteiger partial charge in [-0.25, -0.2) is 4.79 Å². The predicted molar refractivity (Wildman–Crippen MR) is 140 cm³/mol. The Hall–Kier alpha value is -4.04. The Labute approximate surface area is 221 Å². The third kappa shape index (κ3) is 4.79. The second-order valence-corrected chi connectivity index (χ2v) is 10.9. The molecule has 0 saturated heterocycles. The molecule has 0 atom stereocenters. The second-order valence-electron chi connectivity index (χ2n) is 10.9. The van der Waals surface area contributed by atoms with Crippen molar-refractivity contribution in [3.05, 3.63) is 82.4 Å². The zero-order valence-corrected chi connectivity index (χ0v) is 21.7. The normalized spacial score (nSPS) is 14.8. The number of hydrogen-bond donors (Lipinski definition) is 3. The minimum Gasteiger partial charge on any atom is -0.508 e. The molecule has 1 spiro atoms. The molecule has 2 heterocycles. The van der Waals surface area contributed by atoms with Crippen molar-refractivity contribution in [3.63, 3.8) is 0 Å². The molecule has 8 nitrogen and oxygen atoms in total. The zero-order valence-electron chi connectivity index (χ0n) is 21.7. The molecule has 3 N–H and O–H groups in total. The van der Waals surface area contributed by atoms with E-state index in [1.165, 1.54) is 24.3 Å². The van der Waals surface area contributed by atoms with Crippen molar-refractivity contribution in [1.82, 2.24) is 5.32 Å². The number of amides is 1. The fourth-order valence-corrected chi connectivity index (χ4v) is 4.88. The lowest BCUT2D eigenvalue weighted by molar-refractivity contribution is -0.120. The molecule has 3 aromatic rings. The van der Waals surface area contributed by atoms with E-state index >= 15 is 0 Å². The quantitative estimate of drug-likeness (QED) is 0.305. The molecule has 0 aliphatic carbocycles. The number of ether oxygens (including phenoxy) is 3. The van der Waals surface area contributed by atoms with Gasteiger partial charge >= 0.3 is 5.97 Å². The van der Waals surface area contributed by atoms with Crippen LogP contribution in [0.15, 0.2) is 54.6 Å². The van der Waals surface area contributed by atoms with Crippen LogP contribution < -0.4 is 10.1 Å². The fourth-order valence-electron chi connectivity index (χ4n) is 4.88. The van der Waals surface area contributed by atoms with Crippen molar-refractivity contribution in [1.29, 1.82) is 0 Å². The Bertz CT molecular complexity index is 1350. The molecule has 0 unspecified atom stereocenters. The van der Waals surface area contributed by atoms with E-state index < -0.39 is 11.6 Å². The number of hydrogen-bond acceptors (Lipinski definition) is 7. The maximum atomic E-state index is 13.1. The number of carbonyl (C=O) groups is 2. The summed E-state index contributed by atoms with van der Waals surface area (Å²) in [6, 6.07) is 14.4. The van der Waals surface area contributed by atoms with Gasteiger partial charge in [0.25, 0.3) is 0 Å². The lowest BCUT2D eigenvalue weighted by Crippen LogP contribution is -2.33. The van der Waals surface area contributed by atoms with Crippen LogP contribution in [0.3, 0.4) is 0 Å². The van der Waals surface area contributed by atoms with Gasteiger partial charge in [-0.2, -0.15) is 0 Å². The lowest BCUT2D eigenvalue weighted by Gasteiger charge is -2.36. The van der Waals surface area contributed by atoms with Gasteiger partial charge in [0, 0.05) is 42.0 Å². The molecule has 5 rings (SSSR count). The van der Waals surface area contributed by atoms with E-state index in [0.717, 1.165) is 5.56 Å². The molecule has 8 heteroatoms. The van der Waals surface area contributed by atoms with Gasteiger partial charge in [0.2, 0.25) is 5.91 Å². The van der Waals surface area contributed by atoms with Gasteiger partial charge in [0.05, 0.1) is 18.6 Å². The minimum atomic E-state index is -1.35. The molecule has 0 radical (unpaired) electrons. The number of esters is 1. The van der Waals surface area contributed by atoms with E-state index in [-0.39, 0.29) is 29.2 Å². The average Bonchev–Trinajstić information content (AvgIpc) is 3.12. The topological polar surface area (TPSA) is 114 Å². The summed E-state index contributed by atoms with van der Waals surface area (Å²) in [5, 5.41) is 23.1. The molecule has 198 valence electrons. The molecule has 3 aromatic carbocycles. The van der Waals surface area contributed by atoms with Crippen LogP contribution in [0.4, 0.5) is 0 Å². The highest BCUT2D eigenvalue weighted by atomic mass is 16.6. The van der Waals surface area contributed by atoms with Crippen LogP contribution in [-0.2, 0) is 26.3 Å². The van der Waals surface area contributed by atoms with Gasteiger partial charge in [-0.05, 0) is 53.8 Å². The number of phenolic OH excluding ortho intramolecular Hbond substituents is 2. The highest BCUT2D eigenvalue weighted by Gasteiger charge is 2.53. The number of aromatic hydroxyl groups is 2. The Balaban J connectivity index is 1.41. The third-order valence-electron chi connectivity index (χ3n) is 6.53. The summed E-state index contributed by atoms with van der Waals surface area (Å²) >= 11 is 0. The summed E-state index contributed by atoms with van der Waals surface area (Å²) in [4.78, 5) is 25.7. The first-order chi connectivity index (χ1) is 18.1. The van der Waals surface area contributed by atoms with Crippen LogP contribution in [0.5, 0.6) is 23.0 Å². The molecule has 0 bridgehead atoms. The molecule has 2 aliphatic heterocycles. The van der Waals surface area contributed by atoms with Crippen LogP contribution >= 0.6 is 0 Å². The summed E-state index contributed by atoms with van der Waals surface area (Å²) < 4.78 is 17.7. The highest BCUT2D eigenvalue weighted by Crippen LogP contribution is 2.57. The number of rotatable bonds is 7. The lowest BCUT2D eigenvalue weighted by atomic mass is 9.77. The van der Waals surface area contributed by atoms with E-state index in [9.17, 15) is 19.8 Å². The highest BCUT2D eigenvalue weighted by molar-refractivity contribution is 5.97. The molecule has 38 heavy (non-hydrogen) atoms. The van der Waals surface area contributed by atoms with Crippen molar-refractivity contribution < 1.29 is 34.0 Å². The van der Waals surface area contributed by atoms with Crippen LogP contribution in [0.2, 0.25) is 0 Å². The summed E-state index contributed by atoms with van der Waals surface area (Å²) in [7, 11) is 0. The van der Waals surface area contributed by atoms with Crippen LogP contribution in [0.1, 0.15) is 59.8 Å². The molecule has 0 saturated carbocycles. The second kappa shape index (κ2) is 9.68. The number of fused-ring (bicyclic) bond motifs is 6. The standard InChI is InChI=1S/C30H31NO7/c1-29(2,3)17-36-12-4-11-31-27(34)14-18-5-8-21-24(13-18)30(38-28(21)35)22-9-6-19(32)15-25(22)37-26-16-20(33)7-10-23(26)30/h5-10,13,15-16,32-33H,4,11-12,14,17H2,1-3H3,(H,31,34). The number of carbonyl (C=O) groups excluding carboxylic acids is 2. The van der Waals surface area contributed by atoms with E-state index in [1.54, 1.807) is 24.3 Å². The van der Waals surface area contributed by atoms with Crippen LogP contribution in [0, 0.1) is 5.41 Å². The van der Waals surface area contributed by atoms with Gasteiger partial charge in [-0.1, -0.05) is 26.8 Å². The first kappa shape index (κ1) is 25.6. The first-order valence-corrected chi connectivity index (χ1v) is 12.6. The molecule has 2 aliphatic rings. The maximum absolute atomic E-state index is 13.1. The monoisotopic (exact) mass is 517 g/mol. The average molecular weight is 518 g/mol. The minimum absolute atomic E-state index is 0.0127. The van der Waals surface area contributed by atoms with Gasteiger partial charge in [0.1, 0.15) is 23.0 Å². The van der Waals surface area contributed by atoms with Crippen molar-refractivity contribution in [2.24, 2.45) is 5.41 Å². The summed E-state index contributed by atoms with van der Waals surface area (Å²) in [6.07, 6.45) is 0.840. The third-order valence-corrected chi connectivity index (χ3v) is 6.53. The predicted octanol–water partition coefficient (Wildman–Crippen LogP) is 4.78. The Morgan fingerprint density at radius 2 is 1.61 bits per heavy atom. The number of benzene rings is 3. The van der Waals surface area contributed by atoms with Gasteiger partial charge in [-0.15, -0.1) is 0 Å². The smallest absolute Gasteiger partial charge is 0.340 e. The van der Waals surface area contributed by atoms with Crippen LogP contribution in [0.25, 0.3) is 0 Å². The van der Waals surface area contributed by atoms with Crippen molar-refractivity contribution in [2.45, 2.75) is 39.2 Å². The molecular formula is C30H31NO7. The van der Waals surface area contributed by atoms with E-state index in [1.807, 2.05) is 6.07 Å². The maximum Gasteiger partial charge on any atom is 0.340 e. The van der Waals surface area contributed by atoms with Crippen LogP contribution in [-0.4, -0.2) is 41.8 Å². The van der Waals surface area contributed by atoms with Gasteiger partial charge in [-0.3, -0.25) is 4.79 Å². The van der Waals surface area contributed by atoms with E-state index in [0.29, 0.717) is 59.9 Å². The van der Waals surface area contributed by atoms with Crippen molar-refractivity contribution >= 4 is 11.9 Å². The Morgan fingerprint density at radius 1 is 0.947 bits per heavy atom. The fraction of sp³-hybridized carbons (Fsp3) is 0.333. The van der Waals surface area contributed by atoms with Crippen molar-refractivity contribution in [3.8, 4) is 23.0 Å². The number of phenols is 2. The Morgan fingerprint density at radius 3 is 2.24 bits per heavy atom. The van der Waals surface area contributed by atoms with E-state index in [2.05, 4.69) is 26.1 Å². The van der Waals surface area contributed by atoms with E-state index in [4.69, 9.17) is 14.2 Å². The van der Waals surface area contributed by atoms with Crippen molar-refractivity contribution in [2.75, 3.05) is 19.8 Å². The summed E-state index contributed by atoms with van der Waals surface area (Å²) in [6.45, 7) is 8.07. The zero-order chi connectivity index (χ0) is 27.1. The molecule has 0 aromatic heterocycles. The van der Waals surface area contributed by atoms with Gasteiger partial charge < -0.3 is 29.7 Å². The summed E-state index contributed by atoms with van der Waals surface area (Å²) in [5.41, 5.74) is 1.50. The largest absolute Gasteiger partial charge is 0.508 e. The summed E-state index contributed by atoms with van der Waals surface area (Å²) in [5.74, 6) is -0.0578.